The van der Waals surface area contributed by atoms with E-state index in [0.717, 1.165) is 29.5 Å². The largest absolute Gasteiger partial charge is 0.274 e. The summed E-state index contributed by atoms with van der Waals surface area (Å²) in [6.07, 6.45) is 0.940. The average Bonchev–Trinajstić information content (AvgIpc) is 3.35. The molecule has 0 N–H and O–H groups in total. The zero-order valence-corrected chi connectivity index (χ0v) is 16.9. The molecule has 0 radical (unpaired) electrons. The van der Waals surface area contributed by atoms with Gasteiger partial charge in [0, 0.05) is 29.7 Å². The maximum absolute atomic E-state index is 13.4. The highest BCUT2D eigenvalue weighted by Gasteiger charge is 2.62. The Morgan fingerprint density at radius 2 is 1.52 bits per heavy atom. The number of carbonyl (C=O) groups excluding carboxylic acids is 2. The van der Waals surface area contributed by atoms with Crippen molar-refractivity contribution in [1.82, 2.24) is 10.0 Å². The van der Waals surface area contributed by atoms with Gasteiger partial charge in [0.05, 0.1) is 22.6 Å². The van der Waals surface area contributed by atoms with Crippen LogP contribution in [-0.2, 0) is 9.59 Å². The Morgan fingerprint density at radius 3 is 2.14 bits per heavy atom. The molecule has 0 saturated carbocycles. The maximum atomic E-state index is 13.4. The summed E-state index contributed by atoms with van der Waals surface area (Å²) in [5.41, 5.74) is 1.30. The van der Waals surface area contributed by atoms with Crippen LogP contribution in [0.2, 0.25) is 0 Å². The first-order valence-corrected chi connectivity index (χ1v) is 10.2. The number of hydrogen-bond acceptors (Lipinski definition) is 6. The molecule has 0 aliphatic carbocycles. The van der Waals surface area contributed by atoms with Gasteiger partial charge in [-0.05, 0) is 36.2 Å². The third-order valence-corrected chi connectivity index (χ3v) is 6.46. The van der Waals surface area contributed by atoms with E-state index in [0.29, 0.717) is 5.69 Å². The number of anilines is 1. The average molecular weight is 457 g/mol. The number of carbonyl (C=O) groups is 2. The Hall–Kier alpha value is -2.62. The summed E-state index contributed by atoms with van der Waals surface area (Å²) in [4.78, 5) is 38.3. The minimum atomic E-state index is -0.533. The summed E-state index contributed by atoms with van der Waals surface area (Å²) in [7, 11) is 0. The zero-order valence-electron chi connectivity index (χ0n) is 15.3. The van der Waals surface area contributed by atoms with Crippen molar-refractivity contribution in [1.29, 1.82) is 0 Å². The van der Waals surface area contributed by atoms with Gasteiger partial charge in [-0.1, -0.05) is 28.1 Å². The summed E-state index contributed by atoms with van der Waals surface area (Å²) in [6, 6.07) is 12.7. The number of fused-ring (bicyclic) bond motifs is 3. The van der Waals surface area contributed by atoms with Crippen LogP contribution in [0.15, 0.2) is 53.0 Å². The first kappa shape index (κ1) is 18.4. The highest BCUT2D eigenvalue weighted by molar-refractivity contribution is 9.10. The second-order valence-electron chi connectivity index (χ2n) is 7.43. The van der Waals surface area contributed by atoms with Gasteiger partial charge in [-0.3, -0.25) is 19.7 Å². The number of imide groups is 1. The van der Waals surface area contributed by atoms with E-state index in [9.17, 15) is 19.7 Å². The van der Waals surface area contributed by atoms with Crippen LogP contribution in [0.5, 0.6) is 0 Å². The van der Waals surface area contributed by atoms with Gasteiger partial charge in [0.2, 0.25) is 5.91 Å². The van der Waals surface area contributed by atoms with Crippen molar-refractivity contribution in [2.75, 3.05) is 18.0 Å². The number of hydrazine groups is 1. The topological polar surface area (TPSA) is 87.0 Å². The number of hydrogen-bond donors (Lipinski definition) is 0. The van der Waals surface area contributed by atoms with Crippen LogP contribution in [0.1, 0.15) is 18.0 Å². The Bertz CT molecular complexity index is 1010. The van der Waals surface area contributed by atoms with Crippen LogP contribution >= 0.6 is 15.9 Å². The Kier molecular flexibility index (Phi) is 4.27. The SMILES string of the molecule is O=C1[C@H]2[C@H](C(=O)N1c1ccc([N+](=O)[O-])cc1)N1CCCN1[C@H]2c1ccc(Br)cc1. The number of halogens is 1. The van der Waals surface area contributed by atoms with Gasteiger partial charge < -0.3 is 0 Å². The lowest BCUT2D eigenvalue weighted by Crippen LogP contribution is -2.44. The molecule has 3 fully saturated rings. The van der Waals surface area contributed by atoms with Gasteiger partial charge >= 0.3 is 0 Å². The monoisotopic (exact) mass is 456 g/mol. The molecular weight excluding hydrogens is 440 g/mol. The number of rotatable bonds is 3. The highest BCUT2D eigenvalue weighted by atomic mass is 79.9. The van der Waals surface area contributed by atoms with Crippen LogP contribution in [0, 0.1) is 16.0 Å². The molecule has 9 heteroatoms. The molecule has 2 aromatic rings. The van der Waals surface area contributed by atoms with E-state index in [-0.39, 0.29) is 23.5 Å². The van der Waals surface area contributed by atoms with E-state index in [4.69, 9.17) is 0 Å². The Balaban J connectivity index is 1.54. The van der Waals surface area contributed by atoms with Crippen molar-refractivity contribution in [2.24, 2.45) is 5.92 Å². The van der Waals surface area contributed by atoms with Crippen LogP contribution in [0.4, 0.5) is 11.4 Å². The third kappa shape index (κ3) is 2.72. The second kappa shape index (κ2) is 6.72. The molecule has 3 aliphatic heterocycles. The van der Waals surface area contributed by atoms with Crippen molar-refractivity contribution in [2.45, 2.75) is 18.5 Å². The van der Waals surface area contributed by atoms with Gasteiger partial charge in [-0.25, -0.2) is 14.9 Å². The smallest absolute Gasteiger partial charge is 0.269 e. The lowest BCUT2D eigenvalue weighted by molar-refractivity contribution is -0.384. The molecule has 2 aromatic carbocycles. The zero-order chi connectivity index (χ0) is 20.3. The summed E-state index contributed by atoms with van der Waals surface area (Å²) < 4.78 is 0.954. The highest BCUT2D eigenvalue weighted by Crippen LogP contribution is 2.49. The van der Waals surface area contributed by atoms with Crippen molar-refractivity contribution < 1.29 is 14.5 Å². The minimum Gasteiger partial charge on any atom is -0.274 e. The number of amides is 2. The fourth-order valence-electron chi connectivity index (χ4n) is 4.75. The van der Waals surface area contributed by atoms with E-state index >= 15 is 0 Å². The molecule has 29 heavy (non-hydrogen) atoms. The van der Waals surface area contributed by atoms with Gasteiger partial charge in [-0.2, -0.15) is 0 Å². The second-order valence-corrected chi connectivity index (χ2v) is 8.35. The molecule has 5 rings (SSSR count). The lowest BCUT2D eigenvalue weighted by Gasteiger charge is -2.29. The van der Waals surface area contributed by atoms with E-state index in [1.807, 2.05) is 29.3 Å². The number of nitro groups is 1. The number of nitro benzene ring substituents is 1. The van der Waals surface area contributed by atoms with Gasteiger partial charge in [0.15, 0.2) is 0 Å². The molecule has 8 nitrogen and oxygen atoms in total. The molecule has 0 unspecified atom stereocenters. The van der Waals surface area contributed by atoms with Gasteiger partial charge in [0.25, 0.3) is 11.6 Å². The predicted octanol–water partition coefficient (Wildman–Crippen LogP) is 2.89. The van der Waals surface area contributed by atoms with Gasteiger partial charge in [0.1, 0.15) is 6.04 Å². The third-order valence-electron chi connectivity index (χ3n) is 5.94. The lowest BCUT2D eigenvalue weighted by atomic mass is 9.90. The van der Waals surface area contributed by atoms with Crippen LogP contribution in [-0.4, -0.2) is 45.9 Å². The van der Waals surface area contributed by atoms with Crippen LogP contribution < -0.4 is 4.90 Å². The van der Waals surface area contributed by atoms with Gasteiger partial charge in [-0.15, -0.1) is 0 Å². The molecule has 3 aliphatic rings. The fourth-order valence-corrected chi connectivity index (χ4v) is 5.02. The standard InChI is InChI=1S/C20H17BrN4O4/c21-13-4-2-12(3-5-13)17-16-18(23-11-1-10-22(17)23)20(27)24(19(16)26)14-6-8-15(9-7-14)25(28)29/h2-9,16-18H,1,10-11H2/t16-,17+,18-/m1/s1. The number of non-ortho nitro benzene ring substituents is 1. The van der Waals surface area contributed by atoms with Crippen LogP contribution in [0.25, 0.3) is 0 Å². The molecule has 148 valence electrons. The van der Waals surface area contributed by atoms with E-state index in [2.05, 4.69) is 20.9 Å². The minimum absolute atomic E-state index is 0.0773. The predicted molar refractivity (Wildman–Crippen MR) is 108 cm³/mol. The van der Waals surface area contributed by atoms with Crippen LogP contribution in [0.3, 0.4) is 0 Å². The summed E-state index contributed by atoms with van der Waals surface area (Å²) in [6.45, 7) is 1.55. The summed E-state index contributed by atoms with van der Waals surface area (Å²) >= 11 is 3.44. The summed E-state index contributed by atoms with van der Waals surface area (Å²) in [5, 5.41) is 15.1. The molecule has 0 aromatic heterocycles. The molecule has 2 amide bonds. The van der Waals surface area contributed by atoms with Crippen molar-refractivity contribution in [3.63, 3.8) is 0 Å². The Morgan fingerprint density at radius 1 is 0.897 bits per heavy atom. The number of nitrogens with zero attached hydrogens (tertiary/aromatic N) is 4. The van der Waals surface area contributed by atoms with E-state index in [1.54, 1.807) is 0 Å². The molecular formula is C20H17BrN4O4. The fraction of sp³-hybridized carbons (Fsp3) is 0.300. The summed E-state index contributed by atoms with van der Waals surface area (Å²) in [5.74, 6) is -1.02. The first-order chi connectivity index (χ1) is 14.0. The first-order valence-electron chi connectivity index (χ1n) is 9.38. The molecule has 3 atom stereocenters. The van der Waals surface area contributed by atoms with Crippen molar-refractivity contribution in [3.05, 3.63) is 68.7 Å². The number of benzene rings is 2. The quantitative estimate of drug-likeness (QED) is 0.400. The van der Waals surface area contributed by atoms with E-state index in [1.165, 1.54) is 29.2 Å². The van der Waals surface area contributed by atoms with Crippen molar-refractivity contribution >= 4 is 39.1 Å². The molecule has 0 bridgehead atoms. The Labute approximate surface area is 174 Å². The molecule has 3 heterocycles. The normalized spacial score (nSPS) is 26.8. The molecule has 0 spiro atoms. The maximum Gasteiger partial charge on any atom is 0.269 e. The van der Waals surface area contributed by atoms with Crippen molar-refractivity contribution in [3.8, 4) is 0 Å². The van der Waals surface area contributed by atoms with E-state index < -0.39 is 16.9 Å². The molecule has 3 saturated heterocycles.